The molecule has 18 heteroatoms. The average Bonchev–Trinajstić information content (AvgIpc) is 4.30. The van der Waals surface area contributed by atoms with Crippen molar-refractivity contribution in [2.75, 3.05) is 27.2 Å². The van der Waals surface area contributed by atoms with E-state index in [0.717, 1.165) is 109 Å². The van der Waals surface area contributed by atoms with E-state index in [4.69, 9.17) is 15.7 Å². The minimum atomic E-state index is -4.17. The van der Waals surface area contributed by atoms with Crippen molar-refractivity contribution in [1.82, 2.24) is 29.8 Å². The summed E-state index contributed by atoms with van der Waals surface area (Å²) in [7, 11) is 4.03. The Morgan fingerprint density at radius 3 is 1.53 bits per heavy atom. The number of aryl methyl sites for hydroxylation is 2. The Hall–Kier alpha value is -8.40. The van der Waals surface area contributed by atoms with Crippen LogP contribution in [0.25, 0.3) is 54.5 Å². The zero-order valence-electron chi connectivity index (χ0n) is 42.7. The second kappa shape index (κ2) is 27.1. The quantitative estimate of drug-likeness (QED) is 0.0476. The van der Waals surface area contributed by atoms with Gasteiger partial charge in [-0.25, -0.2) is 30.7 Å². The molecular weight excluding hydrogens is 1020 g/mol. The number of nitrogens with two attached hydrogens (primary N) is 1. The fourth-order valence-electron chi connectivity index (χ4n) is 8.60. The first kappa shape index (κ1) is 57.3. The summed E-state index contributed by atoms with van der Waals surface area (Å²) >= 11 is 0. The van der Waals surface area contributed by atoms with Gasteiger partial charge < -0.3 is 40.3 Å². The summed E-state index contributed by atoms with van der Waals surface area (Å²) in [5, 5.41) is 13.6. The van der Waals surface area contributed by atoms with Crippen molar-refractivity contribution in [3.05, 3.63) is 209 Å². The van der Waals surface area contributed by atoms with Gasteiger partial charge in [-0.2, -0.15) is 14.0 Å². The summed E-state index contributed by atoms with van der Waals surface area (Å²) in [5.41, 5.74) is 14.8. The van der Waals surface area contributed by atoms with Gasteiger partial charge in [0, 0.05) is 86.7 Å². The first-order chi connectivity index (χ1) is 37.5. The van der Waals surface area contributed by atoms with Crippen LogP contribution in [0.3, 0.4) is 0 Å². The minimum absolute atomic E-state index is 0.150. The Bertz CT molecular complexity index is 3720. The predicted molar refractivity (Wildman–Crippen MR) is 290 cm³/mol. The summed E-state index contributed by atoms with van der Waals surface area (Å²) in [4.78, 5) is 17.1. The molecule has 9 nitrogen and oxygen atoms in total. The zero-order valence-corrected chi connectivity index (χ0v) is 42.7. The number of benzene rings is 6. The van der Waals surface area contributed by atoms with Gasteiger partial charge in [0.05, 0.1) is 12.5 Å². The normalized spacial score (nSPS) is 11.2. The smallest absolute Gasteiger partial charge is 0.340 e. The Morgan fingerprint density at radius 1 is 0.551 bits per heavy atom. The van der Waals surface area contributed by atoms with Crippen LogP contribution in [-0.2, 0) is 32.2 Å². The first-order valence-corrected chi connectivity index (χ1v) is 24.8. The van der Waals surface area contributed by atoms with Crippen LogP contribution in [0.15, 0.2) is 152 Å². The lowest BCUT2D eigenvalue weighted by molar-refractivity contribution is -0.148. The van der Waals surface area contributed by atoms with Crippen LogP contribution in [0.4, 0.5) is 39.5 Å². The van der Waals surface area contributed by atoms with E-state index in [0.29, 0.717) is 19.4 Å². The molecule has 406 valence electrons. The molecule has 0 atom stereocenters. The lowest BCUT2D eigenvalue weighted by Gasteiger charge is -2.16. The van der Waals surface area contributed by atoms with E-state index in [9.17, 15) is 39.5 Å². The number of nitrogens with zero attached hydrogens (tertiary/aromatic N) is 2. The van der Waals surface area contributed by atoms with Crippen molar-refractivity contribution in [3.63, 3.8) is 0 Å². The third-order valence-electron chi connectivity index (χ3n) is 12.4. The van der Waals surface area contributed by atoms with Crippen LogP contribution in [0.5, 0.6) is 5.75 Å². The number of hydrogen-bond acceptors (Lipinski definition) is 4. The number of hydrogen-bond donors (Lipinski definition) is 6. The SMILES string of the molecule is CN(C)Cc1c[nH]c2cc(F)ccc12.Fc1ccc2c(CCCCc3cccc(OCC(F)(F)C(F)F)c3)c[nH]c2c1.Fc1ccc2cc[nH]c2c1.N#CCc1c[nH]c2cc(F)ccc12.NCCc1c[nH]c2cc(F)ccc12. The number of nitrogens with one attached hydrogen (secondary N) is 5. The first-order valence-electron chi connectivity index (χ1n) is 24.8. The van der Waals surface area contributed by atoms with E-state index >= 15 is 0 Å². The van der Waals surface area contributed by atoms with E-state index in [2.05, 4.69) is 35.9 Å². The van der Waals surface area contributed by atoms with Gasteiger partial charge in [0.15, 0.2) is 6.61 Å². The number of alkyl halides is 4. The number of H-pyrrole nitrogens is 5. The summed E-state index contributed by atoms with van der Waals surface area (Å²) in [6.07, 6.45) is 9.93. The number of halogens is 9. The fourth-order valence-corrected chi connectivity index (χ4v) is 8.60. The molecule has 0 amide bonds. The van der Waals surface area contributed by atoms with Crippen molar-refractivity contribution >= 4 is 54.5 Å². The molecule has 0 aliphatic heterocycles. The number of aromatic nitrogens is 5. The second-order valence-corrected chi connectivity index (χ2v) is 18.5. The van der Waals surface area contributed by atoms with Crippen molar-refractivity contribution < 1.29 is 44.3 Å². The van der Waals surface area contributed by atoms with Gasteiger partial charge in [-0.15, -0.1) is 0 Å². The van der Waals surface area contributed by atoms with E-state index in [-0.39, 0.29) is 34.8 Å². The van der Waals surface area contributed by atoms with Crippen molar-refractivity contribution in [3.8, 4) is 11.8 Å². The van der Waals surface area contributed by atoms with Crippen LogP contribution < -0.4 is 10.5 Å². The van der Waals surface area contributed by atoms with Gasteiger partial charge in [0.1, 0.15) is 34.8 Å². The molecule has 5 heterocycles. The number of unbranched alkanes of at least 4 members (excludes halogenated alkanes) is 1. The number of rotatable bonds is 14. The second-order valence-electron chi connectivity index (χ2n) is 18.5. The maximum absolute atomic E-state index is 13.2. The minimum Gasteiger partial charge on any atom is -0.487 e. The van der Waals surface area contributed by atoms with E-state index in [1.54, 1.807) is 48.8 Å². The molecule has 0 saturated heterocycles. The number of fused-ring (bicyclic) bond motifs is 5. The molecule has 0 radical (unpaired) electrons. The lowest BCUT2D eigenvalue weighted by Crippen LogP contribution is -2.33. The molecule has 0 aliphatic carbocycles. The predicted octanol–water partition coefficient (Wildman–Crippen LogP) is 15.0. The summed E-state index contributed by atoms with van der Waals surface area (Å²) < 4.78 is 119. The van der Waals surface area contributed by atoms with Gasteiger partial charge in [-0.1, -0.05) is 12.1 Å². The number of aromatic amines is 5. The monoisotopic (exact) mass is 1080 g/mol. The number of ether oxygens (including phenoxy) is 1. The summed E-state index contributed by atoms with van der Waals surface area (Å²) in [5.74, 6) is -5.18. The molecule has 0 fully saturated rings. The highest BCUT2D eigenvalue weighted by Crippen LogP contribution is 2.27. The van der Waals surface area contributed by atoms with Crippen molar-refractivity contribution in [1.29, 1.82) is 5.26 Å². The van der Waals surface area contributed by atoms with E-state index < -0.39 is 19.0 Å². The zero-order chi connectivity index (χ0) is 55.8. The highest BCUT2D eigenvalue weighted by molar-refractivity contribution is 5.85. The van der Waals surface area contributed by atoms with E-state index in [1.165, 1.54) is 72.3 Å². The highest BCUT2D eigenvalue weighted by Gasteiger charge is 2.41. The van der Waals surface area contributed by atoms with E-state index in [1.807, 2.05) is 50.9 Å². The number of nitriles is 1. The molecule has 78 heavy (non-hydrogen) atoms. The van der Waals surface area contributed by atoms with Crippen molar-refractivity contribution in [2.45, 2.75) is 57.4 Å². The lowest BCUT2D eigenvalue weighted by atomic mass is 10.0. The molecule has 0 aliphatic rings. The highest BCUT2D eigenvalue weighted by atomic mass is 19.3. The molecule has 0 unspecified atom stereocenters. The van der Waals surface area contributed by atoms with Gasteiger partial charge in [0.2, 0.25) is 0 Å². The Labute approximate surface area is 443 Å². The van der Waals surface area contributed by atoms with Crippen LogP contribution in [-0.4, -0.2) is 69.4 Å². The third kappa shape index (κ3) is 15.8. The molecule has 5 aromatic heterocycles. The maximum atomic E-state index is 13.2. The molecule has 11 aromatic rings. The van der Waals surface area contributed by atoms with Crippen LogP contribution in [0.1, 0.15) is 40.7 Å². The molecule has 11 rings (SSSR count). The standard InChI is InChI=1S/C21H20F5NO.C11H13FN2.C10H11FN2.C10H7FN2.C8H6FN/c22-16-8-9-18-15(12-27-19(18)11-16)6-2-1-4-14-5-3-7-17(10-14)28-13-21(25,26)20(23)24;1-14(2)7-8-6-13-11-5-9(12)3-4-10(8)11;2*11-8-1-2-9-7(3-4-12)6-13-10(9)5-8;9-7-2-1-6-3-4-10-8(6)5-7/h3,5,7-12,20,27H,1-2,4,6,13H2;3-6,13H,7H2,1-2H3;1-2,5-6,13H,3-4,12H2;1-2,5-6,13H,3H2;1-5,10H. The van der Waals surface area contributed by atoms with Gasteiger partial charge in [-0.05, 0) is 195 Å². The van der Waals surface area contributed by atoms with Crippen LogP contribution >= 0.6 is 0 Å². The summed E-state index contributed by atoms with van der Waals surface area (Å²) in [6.45, 7) is 0.130. The maximum Gasteiger partial charge on any atom is 0.340 e. The molecule has 0 bridgehead atoms. The molecule has 6 aromatic carbocycles. The Balaban J connectivity index is 0.000000150. The van der Waals surface area contributed by atoms with Gasteiger partial charge in [0.25, 0.3) is 0 Å². The molecule has 7 N–H and O–H groups in total. The Morgan fingerprint density at radius 2 is 1.01 bits per heavy atom. The molecule has 0 spiro atoms. The Kier molecular flexibility index (Phi) is 19.9. The molecular formula is C60H57F9N8O. The fraction of sp³-hybridized carbons (Fsp3) is 0.217. The van der Waals surface area contributed by atoms with Gasteiger partial charge >= 0.3 is 12.3 Å². The average molecular weight is 1080 g/mol. The third-order valence-corrected chi connectivity index (χ3v) is 12.4. The topological polar surface area (TPSA) is 141 Å². The van der Waals surface area contributed by atoms with Crippen LogP contribution in [0, 0.1) is 40.4 Å². The van der Waals surface area contributed by atoms with Crippen molar-refractivity contribution in [2.24, 2.45) is 5.73 Å². The summed E-state index contributed by atoms with van der Waals surface area (Å²) in [6, 6.07) is 34.0. The molecule has 0 saturated carbocycles. The van der Waals surface area contributed by atoms with Crippen LogP contribution in [0.2, 0.25) is 0 Å². The largest absolute Gasteiger partial charge is 0.487 e. The van der Waals surface area contributed by atoms with Gasteiger partial charge in [-0.3, -0.25) is 0 Å².